The van der Waals surface area contributed by atoms with Gasteiger partial charge in [-0.05, 0) is 50.3 Å². The van der Waals surface area contributed by atoms with Crippen molar-refractivity contribution in [3.05, 3.63) is 47.9 Å². The van der Waals surface area contributed by atoms with Crippen LogP contribution in [0, 0.1) is 6.92 Å². The van der Waals surface area contributed by atoms with Crippen LogP contribution in [-0.2, 0) is 0 Å². The molecule has 25 heavy (non-hydrogen) atoms. The maximum Gasteiger partial charge on any atom is 0.129 e. The van der Waals surface area contributed by atoms with Crippen LogP contribution in [0.15, 0.2) is 36.7 Å². The summed E-state index contributed by atoms with van der Waals surface area (Å²) in [5.41, 5.74) is 9.69. The zero-order chi connectivity index (χ0) is 17.2. The quantitative estimate of drug-likeness (QED) is 0.897. The fourth-order valence-corrected chi connectivity index (χ4v) is 3.89. The average molecular weight is 337 g/mol. The third kappa shape index (κ3) is 3.76. The molecule has 1 saturated carbocycles. The Kier molecular flexibility index (Phi) is 4.57. The minimum atomic E-state index is 0.349. The van der Waals surface area contributed by atoms with Gasteiger partial charge in [0.25, 0.3) is 0 Å². The minimum absolute atomic E-state index is 0.349. The van der Waals surface area contributed by atoms with Crippen LogP contribution < -0.4 is 16.0 Å². The van der Waals surface area contributed by atoms with E-state index in [9.17, 15) is 0 Å². The van der Waals surface area contributed by atoms with Crippen molar-refractivity contribution in [2.75, 3.05) is 23.3 Å². The molecule has 0 radical (unpaired) electrons. The van der Waals surface area contributed by atoms with E-state index in [1.54, 1.807) is 6.33 Å². The molecule has 3 N–H and O–H groups in total. The lowest BCUT2D eigenvalue weighted by Gasteiger charge is -2.35. The molecule has 2 fully saturated rings. The van der Waals surface area contributed by atoms with Gasteiger partial charge in [0.15, 0.2) is 0 Å². The minimum Gasteiger partial charge on any atom is -0.371 e. The number of rotatable bonds is 4. The van der Waals surface area contributed by atoms with E-state index < -0.39 is 0 Å². The van der Waals surface area contributed by atoms with Crippen molar-refractivity contribution in [1.82, 2.24) is 9.97 Å². The Labute approximate surface area is 149 Å². The van der Waals surface area contributed by atoms with Gasteiger partial charge in [-0.3, -0.25) is 0 Å². The Hall–Kier alpha value is -2.14. The summed E-state index contributed by atoms with van der Waals surface area (Å²) in [7, 11) is 0. The number of piperidine rings is 1. The van der Waals surface area contributed by atoms with Crippen LogP contribution in [0.4, 0.5) is 11.5 Å². The molecule has 0 bridgehead atoms. The fraction of sp³-hybridized carbons (Fsp3) is 0.500. The van der Waals surface area contributed by atoms with Crippen LogP contribution in [0.5, 0.6) is 0 Å². The van der Waals surface area contributed by atoms with Crippen LogP contribution in [0.3, 0.4) is 0 Å². The Balaban J connectivity index is 1.33. The smallest absolute Gasteiger partial charge is 0.129 e. The second kappa shape index (κ2) is 7.00. The second-order valence-corrected chi connectivity index (χ2v) is 7.50. The summed E-state index contributed by atoms with van der Waals surface area (Å²) in [6.45, 7) is 4.31. The molecular weight excluding hydrogens is 310 g/mol. The summed E-state index contributed by atoms with van der Waals surface area (Å²) in [4.78, 5) is 11.3. The number of nitrogens with one attached hydrogen (secondary N) is 1. The molecule has 4 rings (SSSR count). The number of nitrogens with zero attached hydrogens (tertiary/aromatic N) is 3. The molecule has 1 aromatic heterocycles. The van der Waals surface area contributed by atoms with Gasteiger partial charge in [0.05, 0.1) is 0 Å². The molecule has 0 amide bonds. The Morgan fingerprint density at radius 1 is 1.12 bits per heavy atom. The summed E-state index contributed by atoms with van der Waals surface area (Å²) < 4.78 is 0. The van der Waals surface area contributed by atoms with E-state index in [0.29, 0.717) is 18.0 Å². The SMILES string of the molecule is Cc1cccc(N2CCC(Nc3cc(C4CC(N)C4)ncn3)CC2)c1. The fourth-order valence-electron chi connectivity index (χ4n) is 3.89. The van der Waals surface area contributed by atoms with Crippen LogP contribution in [0.25, 0.3) is 0 Å². The van der Waals surface area contributed by atoms with E-state index in [4.69, 9.17) is 5.73 Å². The Morgan fingerprint density at radius 3 is 2.64 bits per heavy atom. The van der Waals surface area contributed by atoms with Crippen molar-refractivity contribution >= 4 is 11.5 Å². The van der Waals surface area contributed by atoms with Crippen LogP contribution >= 0.6 is 0 Å². The molecule has 1 aliphatic carbocycles. The highest BCUT2D eigenvalue weighted by atomic mass is 15.2. The molecule has 1 saturated heterocycles. The highest BCUT2D eigenvalue weighted by Crippen LogP contribution is 2.35. The molecule has 1 aliphatic heterocycles. The molecule has 2 aliphatic rings. The highest BCUT2D eigenvalue weighted by molar-refractivity contribution is 5.49. The van der Waals surface area contributed by atoms with Gasteiger partial charge in [-0.1, -0.05) is 12.1 Å². The lowest BCUT2D eigenvalue weighted by molar-refractivity contribution is 0.345. The van der Waals surface area contributed by atoms with Crippen molar-refractivity contribution < 1.29 is 0 Å². The van der Waals surface area contributed by atoms with Gasteiger partial charge in [0.1, 0.15) is 12.1 Å². The van der Waals surface area contributed by atoms with E-state index >= 15 is 0 Å². The zero-order valence-electron chi connectivity index (χ0n) is 14.9. The van der Waals surface area contributed by atoms with Gasteiger partial charge in [-0.25, -0.2) is 9.97 Å². The standard InChI is InChI=1S/C20H27N5/c1-14-3-2-4-18(9-14)25-7-5-17(6-8-25)24-20-12-19(22-13-23-20)15-10-16(21)11-15/h2-4,9,12-13,15-17H,5-8,10-11,21H2,1H3,(H,22,23,24). The largest absolute Gasteiger partial charge is 0.371 e. The third-order valence-electron chi connectivity index (χ3n) is 5.49. The normalized spacial score (nSPS) is 24.0. The predicted molar refractivity (Wildman–Crippen MR) is 102 cm³/mol. The number of aryl methyl sites for hydroxylation is 1. The number of nitrogens with two attached hydrogens (primary N) is 1. The summed E-state index contributed by atoms with van der Waals surface area (Å²) >= 11 is 0. The molecule has 0 spiro atoms. The first-order valence-corrected chi connectivity index (χ1v) is 9.33. The molecule has 2 aromatic rings. The maximum absolute atomic E-state index is 5.90. The van der Waals surface area contributed by atoms with Crippen molar-refractivity contribution in [1.29, 1.82) is 0 Å². The van der Waals surface area contributed by atoms with E-state index in [-0.39, 0.29) is 0 Å². The molecule has 5 heteroatoms. The molecule has 0 unspecified atom stereocenters. The van der Waals surface area contributed by atoms with Gasteiger partial charge in [0, 0.05) is 48.5 Å². The van der Waals surface area contributed by atoms with Gasteiger partial charge >= 0.3 is 0 Å². The lowest BCUT2D eigenvalue weighted by atomic mass is 9.78. The van der Waals surface area contributed by atoms with Crippen LogP contribution in [0.2, 0.25) is 0 Å². The van der Waals surface area contributed by atoms with Crippen molar-refractivity contribution in [3.63, 3.8) is 0 Å². The van der Waals surface area contributed by atoms with Gasteiger partial charge < -0.3 is 16.0 Å². The molecule has 0 atom stereocenters. The monoisotopic (exact) mass is 337 g/mol. The lowest BCUT2D eigenvalue weighted by Crippen LogP contribution is -2.39. The first kappa shape index (κ1) is 16.3. The van der Waals surface area contributed by atoms with E-state index in [1.165, 1.54) is 11.3 Å². The first-order chi connectivity index (χ1) is 12.2. The number of hydrogen-bond acceptors (Lipinski definition) is 5. The summed E-state index contributed by atoms with van der Waals surface area (Å²) in [6, 6.07) is 11.7. The van der Waals surface area contributed by atoms with Crippen molar-refractivity contribution in [3.8, 4) is 0 Å². The van der Waals surface area contributed by atoms with E-state index in [2.05, 4.69) is 57.4 Å². The second-order valence-electron chi connectivity index (χ2n) is 7.50. The average Bonchev–Trinajstić information content (AvgIpc) is 2.60. The van der Waals surface area contributed by atoms with Crippen molar-refractivity contribution in [2.24, 2.45) is 5.73 Å². The van der Waals surface area contributed by atoms with Crippen LogP contribution in [0.1, 0.15) is 42.9 Å². The predicted octanol–water partition coefficient (Wildman–Crippen LogP) is 3.07. The number of aromatic nitrogens is 2. The van der Waals surface area contributed by atoms with Gasteiger partial charge in [0.2, 0.25) is 0 Å². The van der Waals surface area contributed by atoms with Crippen LogP contribution in [-0.4, -0.2) is 35.1 Å². The topological polar surface area (TPSA) is 67.1 Å². The van der Waals surface area contributed by atoms with E-state index in [1.807, 2.05) is 0 Å². The molecule has 2 heterocycles. The Morgan fingerprint density at radius 2 is 1.92 bits per heavy atom. The van der Waals surface area contributed by atoms with E-state index in [0.717, 1.165) is 50.3 Å². The summed E-state index contributed by atoms with van der Waals surface area (Å²) in [5.74, 6) is 1.47. The first-order valence-electron chi connectivity index (χ1n) is 9.33. The molecular formula is C20H27N5. The summed E-state index contributed by atoms with van der Waals surface area (Å²) in [5, 5.41) is 3.61. The number of benzene rings is 1. The molecule has 132 valence electrons. The van der Waals surface area contributed by atoms with Crippen molar-refractivity contribution in [2.45, 2.75) is 50.6 Å². The molecule has 1 aromatic carbocycles. The third-order valence-corrected chi connectivity index (χ3v) is 5.49. The number of anilines is 2. The maximum atomic E-state index is 5.90. The highest BCUT2D eigenvalue weighted by Gasteiger charge is 2.29. The van der Waals surface area contributed by atoms with Gasteiger partial charge in [-0.2, -0.15) is 0 Å². The van der Waals surface area contributed by atoms with Gasteiger partial charge in [-0.15, -0.1) is 0 Å². The number of hydrogen-bond donors (Lipinski definition) is 2. The zero-order valence-corrected chi connectivity index (χ0v) is 14.9. The molecule has 5 nitrogen and oxygen atoms in total. The summed E-state index contributed by atoms with van der Waals surface area (Å²) in [6.07, 6.45) is 6.03. The Bertz CT molecular complexity index is 718.